The van der Waals surface area contributed by atoms with Crippen molar-refractivity contribution in [3.05, 3.63) is 62.8 Å². The first-order valence-electron chi connectivity index (χ1n) is 6.15. The lowest BCUT2D eigenvalue weighted by atomic mass is 10.1. The molecule has 0 radical (unpaired) electrons. The van der Waals surface area contributed by atoms with Crippen LogP contribution >= 0.6 is 27.5 Å². The largest absolute Gasteiger partial charge is 0.489 e. The molecule has 2 nitrogen and oxygen atoms in total. The lowest BCUT2D eigenvalue weighted by molar-refractivity contribution is 0.303. The Kier molecular flexibility index (Phi) is 5.40. The van der Waals surface area contributed by atoms with Crippen LogP contribution in [0.1, 0.15) is 11.1 Å². The molecule has 0 unspecified atom stereocenters. The third-order valence-corrected chi connectivity index (χ3v) is 3.68. The minimum Gasteiger partial charge on any atom is -0.489 e. The van der Waals surface area contributed by atoms with E-state index in [4.69, 9.17) is 22.1 Å². The Morgan fingerprint density at radius 2 is 1.95 bits per heavy atom. The van der Waals surface area contributed by atoms with E-state index in [0.29, 0.717) is 11.6 Å². The monoisotopic (exact) mass is 357 g/mol. The summed E-state index contributed by atoms with van der Waals surface area (Å²) in [7, 11) is 0. The molecule has 20 heavy (non-hydrogen) atoms. The van der Waals surface area contributed by atoms with Crippen molar-refractivity contribution in [1.82, 2.24) is 0 Å². The summed E-state index contributed by atoms with van der Waals surface area (Å²) in [5.41, 5.74) is 7.37. The van der Waals surface area contributed by atoms with E-state index in [1.165, 1.54) is 12.1 Å². The van der Waals surface area contributed by atoms with Gasteiger partial charge in [-0.3, -0.25) is 0 Å². The van der Waals surface area contributed by atoms with Crippen LogP contribution in [-0.4, -0.2) is 6.54 Å². The van der Waals surface area contributed by atoms with Gasteiger partial charge in [0.1, 0.15) is 18.2 Å². The Balaban J connectivity index is 2.14. The van der Waals surface area contributed by atoms with E-state index in [1.807, 2.05) is 18.2 Å². The van der Waals surface area contributed by atoms with Gasteiger partial charge in [-0.15, -0.1) is 0 Å². The van der Waals surface area contributed by atoms with E-state index < -0.39 is 0 Å². The minimum absolute atomic E-state index is 0.290. The van der Waals surface area contributed by atoms with Crippen LogP contribution in [0.25, 0.3) is 0 Å². The van der Waals surface area contributed by atoms with Gasteiger partial charge in [0.05, 0.1) is 5.02 Å². The SMILES string of the molecule is NCCc1cc(Br)ccc1OCc1ccc(F)cc1Cl. The molecule has 2 aromatic carbocycles. The molecule has 0 amide bonds. The quantitative estimate of drug-likeness (QED) is 0.864. The normalized spacial score (nSPS) is 10.6. The highest BCUT2D eigenvalue weighted by Gasteiger charge is 2.07. The molecule has 0 aliphatic carbocycles. The van der Waals surface area contributed by atoms with Crippen LogP contribution in [-0.2, 0) is 13.0 Å². The van der Waals surface area contributed by atoms with Crippen molar-refractivity contribution in [2.45, 2.75) is 13.0 Å². The van der Waals surface area contributed by atoms with Crippen LogP contribution in [0.15, 0.2) is 40.9 Å². The molecule has 0 aliphatic rings. The predicted molar refractivity (Wildman–Crippen MR) is 82.6 cm³/mol. The number of benzene rings is 2. The Hall–Kier alpha value is -1.10. The van der Waals surface area contributed by atoms with Crippen molar-refractivity contribution in [2.24, 2.45) is 5.73 Å². The molecule has 5 heteroatoms. The molecule has 2 aromatic rings. The maximum atomic E-state index is 13.0. The standard InChI is InChI=1S/C15H14BrClFNO/c16-12-2-4-15(10(7-12)5-6-19)20-9-11-1-3-13(18)8-14(11)17/h1-4,7-8H,5-6,9,19H2. The molecule has 0 aliphatic heterocycles. The molecule has 0 bridgehead atoms. The highest BCUT2D eigenvalue weighted by molar-refractivity contribution is 9.10. The van der Waals surface area contributed by atoms with Gasteiger partial charge in [-0.05, 0) is 48.9 Å². The number of ether oxygens (including phenoxy) is 1. The maximum absolute atomic E-state index is 13.0. The molecule has 2 rings (SSSR count). The molecule has 2 N–H and O–H groups in total. The molecule has 0 aromatic heterocycles. The van der Waals surface area contributed by atoms with E-state index in [2.05, 4.69) is 15.9 Å². The fraction of sp³-hybridized carbons (Fsp3) is 0.200. The first-order valence-corrected chi connectivity index (χ1v) is 7.32. The summed E-state index contributed by atoms with van der Waals surface area (Å²) in [6.07, 6.45) is 0.728. The van der Waals surface area contributed by atoms with Gasteiger partial charge in [-0.1, -0.05) is 33.6 Å². The summed E-state index contributed by atoms with van der Waals surface area (Å²) in [5, 5.41) is 0.363. The molecular weight excluding hydrogens is 345 g/mol. The molecule has 0 spiro atoms. The third-order valence-electron chi connectivity index (χ3n) is 2.83. The summed E-state index contributed by atoms with van der Waals surface area (Å²) in [6, 6.07) is 10.0. The highest BCUT2D eigenvalue weighted by atomic mass is 79.9. The van der Waals surface area contributed by atoms with Gasteiger partial charge in [0, 0.05) is 10.0 Å². The zero-order valence-corrected chi connectivity index (χ0v) is 13.0. The molecule has 0 atom stereocenters. The minimum atomic E-state index is -0.355. The van der Waals surface area contributed by atoms with Crippen molar-refractivity contribution in [3.8, 4) is 5.75 Å². The van der Waals surface area contributed by atoms with Gasteiger partial charge in [0.15, 0.2) is 0 Å². The molecule has 0 heterocycles. The number of rotatable bonds is 5. The second kappa shape index (κ2) is 7.07. The topological polar surface area (TPSA) is 35.2 Å². The van der Waals surface area contributed by atoms with Crippen molar-refractivity contribution < 1.29 is 9.13 Å². The van der Waals surface area contributed by atoms with E-state index >= 15 is 0 Å². The van der Waals surface area contributed by atoms with Crippen molar-refractivity contribution >= 4 is 27.5 Å². The van der Waals surface area contributed by atoms with Gasteiger partial charge in [0.2, 0.25) is 0 Å². The van der Waals surface area contributed by atoms with E-state index in [-0.39, 0.29) is 12.4 Å². The van der Waals surface area contributed by atoms with E-state index in [1.54, 1.807) is 6.07 Å². The summed E-state index contributed by atoms with van der Waals surface area (Å²) in [5.74, 6) is 0.408. The summed E-state index contributed by atoms with van der Waals surface area (Å²) in [6.45, 7) is 0.836. The second-order valence-electron chi connectivity index (χ2n) is 4.32. The lowest BCUT2D eigenvalue weighted by Crippen LogP contribution is -2.05. The van der Waals surface area contributed by atoms with Crippen LogP contribution in [0.5, 0.6) is 5.75 Å². The Labute approximate surface area is 130 Å². The lowest BCUT2D eigenvalue weighted by Gasteiger charge is -2.12. The number of hydrogen-bond donors (Lipinski definition) is 1. The van der Waals surface area contributed by atoms with Crippen LogP contribution in [0.2, 0.25) is 5.02 Å². The van der Waals surface area contributed by atoms with Gasteiger partial charge in [0.25, 0.3) is 0 Å². The summed E-state index contributed by atoms with van der Waals surface area (Å²) < 4.78 is 19.7. The molecule has 106 valence electrons. The zero-order chi connectivity index (χ0) is 14.5. The average Bonchev–Trinajstić information content (AvgIpc) is 2.40. The van der Waals surface area contributed by atoms with Crippen molar-refractivity contribution in [3.63, 3.8) is 0 Å². The van der Waals surface area contributed by atoms with Gasteiger partial charge >= 0.3 is 0 Å². The van der Waals surface area contributed by atoms with Gasteiger partial charge in [-0.25, -0.2) is 4.39 Å². The number of hydrogen-bond acceptors (Lipinski definition) is 2. The summed E-state index contributed by atoms with van der Waals surface area (Å²) >= 11 is 9.40. The van der Waals surface area contributed by atoms with Crippen LogP contribution < -0.4 is 10.5 Å². The van der Waals surface area contributed by atoms with E-state index in [9.17, 15) is 4.39 Å². The predicted octanol–water partition coefficient (Wildman–Crippen LogP) is 4.32. The fourth-order valence-electron chi connectivity index (χ4n) is 1.83. The van der Waals surface area contributed by atoms with Gasteiger partial charge in [-0.2, -0.15) is 0 Å². The van der Waals surface area contributed by atoms with Crippen molar-refractivity contribution in [2.75, 3.05) is 6.54 Å². The smallest absolute Gasteiger partial charge is 0.124 e. The average molecular weight is 359 g/mol. The van der Waals surface area contributed by atoms with Gasteiger partial charge < -0.3 is 10.5 Å². The second-order valence-corrected chi connectivity index (χ2v) is 5.64. The molecule has 0 saturated heterocycles. The molecule has 0 fully saturated rings. The first kappa shape index (κ1) is 15.3. The Morgan fingerprint density at radius 3 is 2.65 bits per heavy atom. The fourth-order valence-corrected chi connectivity index (χ4v) is 2.46. The maximum Gasteiger partial charge on any atom is 0.124 e. The van der Waals surface area contributed by atoms with Crippen molar-refractivity contribution in [1.29, 1.82) is 0 Å². The number of halogens is 3. The van der Waals surface area contributed by atoms with Crippen LogP contribution in [0.4, 0.5) is 4.39 Å². The first-order chi connectivity index (χ1) is 9.60. The van der Waals surface area contributed by atoms with Crippen LogP contribution in [0, 0.1) is 5.82 Å². The highest BCUT2D eigenvalue weighted by Crippen LogP contribution is 2.26. The Morgan fingerprint density at radius 1 is 1.15 bits per heavy atom. The molecule has 0 saturated carbocycles. The third kappa shape index (κ3) is 3.95. The zero-order valence-electron chi connectivity index (χ0n) is 10.7. The van der Waals surface area contributed by atoms with Crippen LogP contribution in [0.3, 0.4) is 0 Å². The van der Waals surface area contributed by atoms with E-state index in [0.717, 1.165) is 27.8 Å². The summed E-state index contributed by atoms with van der Waals surface area (Å²) in [4.78, 5) is 0. The Bertz CT molecular complexity index is 606. The number of nitrogens with two attached hydrogens (primary N) is 1. The molecular formula is C15H14BrClFNO.